The number of nitrogens with one attached hydrogen (secondary N) is 1. The van der Waals surface area contributed by atoms with Crippen molar-refractivity contribution in [1.82, 2.24) is 15.2 Å². The topological polar surface area (TPSA) is 67.9 Å². The van der Waals surface area contributed by atoms with Gasteiger partial charge in [-0.2, -0.15) is 0 Å². The summed E-state index contributed by atoms with van der Waals surface area (Å²) in [6.07, 6.45) is 2.91. The normalized spacial score (nSPS) is 11.4. The number of aromatic amines is 1. The van der Waals surface area contributed by atoms with E-state index in [9.17, 15) is 4.79 Å². The number of hydrogen-bond donors (Lipinski definition) is 1. The SMILES string of the molecule is COC(=O)/C=C\c1cc2c(nn1)[nH]c1ccccc12. The number of nitrogens with zero attached hydrogens (tertiary/aromatic N) is 2. The summed E-state index contributed by atoms with van der Waals surface area (Å²) in [6, 6.07) is 9.83. The van der Waals surface area contributed by atoms with Crippen molar-refractivity contribution in [1.29, 1.82) is 0 Å². The van der Waals surface area contributed by atoms with E-state index in [2.05, 4.69) is 19.9 Å². The predicted octanol–water partition coefficient (Wildman–Crippen LogP) is 2.30. The quantitative estimate of drug-likeness (QED) is 0.562. The van der Waals surface area contributed by atoms with Gasteiger partial charge in [-0.25, -0.2) is 4.79 Å². The van der Waals surface area contributed by atoms with Crippen LogP contribution < -0.4 is 0 Å². The first kappa shape index (κ1) is 11.4. The largest absolute Gasteiger partial charge is 0.466 e. The molecule has 3 aromatic rings. The number of methoxy groups -OCH3 is 1. The molecule has 0 fully saturated rings. The Morgan fingerprint density at radius 1 is 1.26 bits per heavy atom. The molecule has 2 aromatic heterocycles. The lowest BCUT2D eigenvalue weighted by Gasteiger charge is -1.93. The van der Waals surface area contributed by atoms with Gasteiger partial charge in [-0.3, -0.25) is 0 Å². The van der Waals surface area contributed by atoms with Crippen molar-refractivity contribution in [2.45, 2.75) is 0 Å². The monoisotopic (exact) mass is 253 g/mol. The minimum Gasteiger partial charge on any atom is -0.466 e. The highest BCUT2D eigenvalue weighted by Gasteiger charge is 2.05. The zero-order valence-corrected chi connectivity index (χ0v) is 10.3. The molecule has 0 saturated heterocycles. The molecular formula is C14H11N3O2. The second-order valence-corrected chi connectivity index (χ2v) is 4.06. The molecule has 1 aromatic carbocycles. The maximum atomic E-state index is 11.0. The van der Waals surface area contributed by atoms with Gasteiger partial charge in [0.05, 0.1) is 12.8 Å². The van der Waals surface area contributed by atoms with Crippen molar-refractivity contribution in [3.8, 4) is 0 Å². The van der Waals surface area contributed by atoms with Gasteiger partial charge in [-0.1, -0.05) is 18.2 Å². The Hall–Kier alpha value is -2.69. The fourth-order valence-corrected chi connectivity index (χ4v) is 1.96. The maximum absolute atomic E-state index is 11.0. The highest BCUT2D eigenvalue weighted by molar-refractivity contribution is 6.06. The number of esters is 1. The lowest BCUT2D eigenvalue weighted by molar-refractivity contribution is -0.134. The summed E-state index contributed by atoms with van der Waals surface area (Å²) in [5.41, 5.74) is 2.36. The molecule has 5 nitrogen and oxygen atoms in total. The van der Waals surface area contributed by atoms with Crippen molar-refractivity contribution < 1.29 is 9.53 Å². The maximum Gasteiger partial charge on any atom is 0.330 e. The van der Waals surface area contributed by atoms with Crippen LogP contribution in [0, 0.1) is 0 Å². The first-order valence-electron chi connectivity index (χ1n) is 5.78. The van der Waals surface area contributed by atoms with Gasteiger partial charge in [-0.15, -0.1) is 10.2 Å². The van der Waals surface area contributed by atoms with Gasteiger partial charge in [0.15, 0.2) is 5.65 Å². The van der Waals surface area contributed by atoms with Gasteiger partial charge in [0.25, 0.3) is 0 Å². The molecule has 0 aliphatic heterocycles. The average molecular weight is 253 g/mol. The summed E-state index contributed by atoms with van der Waals surface area (Å²) in [4.78, 5) is 14.2. The number of fused-ring (bicyclic) bond motifs is 3. The number of H-pyrrole nitrogens is 1. The Balaban J connectivity index is 2.11. The van der Waals surface area contributed by atoms with E-state index in [1.54, 1.807) is 6.08 Å². The second kappa shape index (κ2) is 4.53. The van der Waals surface area contributed by atoms with Crippen LogP contribution in [0.3, 0.4) is 0 Å². The van der Waals surface area contributed by atoms with Crippen LogP contribution >= 0.6 is 0 Å². The second-order valence-electron chi connectivity index (χ2n) is 4.06. The van der Waals surface area contributed by atoms with Crippen molar-refractivity contribution >= 4 is 34.0 Å². The summed E-state index contributed by atoms with van der Waals surface area (Å²) >= 11 is 0. The minimum atomic E-state index is -0.416. The smallest absolute Gasteiger partial charge is 0.330 e. The molecule has 0 radical (unpaired) electrons. The summed E-state index contributed by atoms with van der Waals surface area (Å²) in [5.74, 6) is -0.416. The van der Waals surface area contributed by atoms with Gasteiger partial charge >= 0.3 is 5.97 Å². The molecule has 0 bridgehead atoms. The summed E-state index contributed by atoms with van der Waals surface area (Å²) in [5, 5.41) is 10.2. The van der Waals surface area contributed by atoms with E-state index in [0.29, 0.717) is 5.69 Å². The van der Waals surface area contributed by atoms with Crippen LogP contribution in [0.1, 0.15) is 5.69 Å². The van der Waals surface area contributed by atoms with Gasteiger partial charge in [0.1, 0.15) is 0 Å². The average Bonchev–Trinajstić information content (AvgIpc) is 2.82. The molecule has 1 N–H and O–H groups in total. The number of benzene rings is 1. The lowest BCUT2D eigenvalue weighted by atomic mass is 10.2. The highest BCUT2D eigenvalue weighted by Crippen LogP contribution is 2.23. The Labute approximate surface area is 108 Å². The van der Waals surface area contributed by atoms with Crippen molar-refractivity contribution in [3.63, 3.8) is 0 Å². The molecule has 19 heavy (non-hydrogen) atoms. The zero-order valence-electron chi connectivity index (χ0n) is 10.3. The van der Waals surface area contributed by atoms with Gasteiger partial charge in [0.2, 0.25) is 0 Å². The van der Waals surface area contributed by atoms with E-state index >= 15 is 0 Å². The summed E-state index contributed by atoms with van der Waals surface area (Å²) in [6.45, 7) is 0. The molecule has 2 heterocycles. The van der Waals surface area contributed by atoms with Crippen LogP contribution in [-0.4, -0.2) is 28.3 Å². The molecule has 0 amide bonds. The van der Waals surface area contributed by atoms with Crippen molar-refractivity contribution in [2.24, 2.45) is 0 Å². The molecule has 0 saturated carbocycles. The van der Waals surface area contributed by atoms with E-state index in [1.165, 1.54) is 13.2 Å². The first-order chi connectivity index (χ1) is 9.28. The zero-order chi connectivity index (χ0) is 13.2. The Morgan fingerprint density at radius 3 is 2.95 bits per heavy atom. The summed E-state index contributed by atoms with van der Waals surface area (Å²) in [7, 11) is 1.33. The van der Waals surface area contributed by atoms with Crippen LogP contribution in [0.25, 0.3) is 28.0 Å². The third kappa shape index (κ3) is 2.06. The van der Waals surface area contributed by atoms with Gasteiger partial charge < -0.3 is 9.72 Å². The first-order valence-corrected chi connectivity index (χ1v) is 5.78. The number of ether oxygens (including phenoxy) is 1. The van der Waals surface area contributed by atoms with E-state index in [0.717, 1.165) is 21.9 Å². The summed E-state index contributed by atoms with van der Waals surface area (Å²) < 4.78 is 4.53. The molecule has 3 rings (SSSR count). The molecule has 0 aliphatic rings. The van der Waals surface area contributed by atoms with E-state index in [-0.39, 0.29) is 0 Å². The van der Waals surface area contributed by atoms with Crippen LogP contribution in [0.15, 0.2) is 36.4 Å². The Morgan fingerprint density at radius 2 is 2.11 bits per heavy atom. The van der Waals surface area contributed by atoms with E-state index in [4.69, 9.17) is 0 Å². The Kier molecular flexibility index (Phi) is 2.72. The molecular weight excluding hydrogens is 242 g/mol. The molecule has 0 aliphatic carbocycles. The fourth-order valence-electron chi connectivity index (χ4n) is 1.96. The van der Waals surface area contributed by atoms with Crippen molar-refractivity contribution in [2.75, 3.05) is 7.11 Å². The van der Waals surface area contributed by atoms with E-state index < -0.39 is 5.97 Å². The third-order valence-electron chi connectivity index (χ3n) is 2.87. The number of rotatable bonds is 2. The number of para-hydroxylation sites is 1. The third-order valence-corrected chi connectivity index (χ3v) is 2.87. The highest BCUT2D eigenvalue weighted by atomic mass is 16.5. The van der Waals surface area contributed by atoms with Crippen LogP contribution in [0.5, 0.6) is 0 Å². The fraction of sp³-hybridized carbons (Fsp3) is 0.0714. The molecule has 5 heteroatoms. The predicted molar refractivity (Wildman–Crippen MR) is 72.4 cm³/mol. The van der Waals surface area contributed by atoms with Gasteiger partial charge in [-0.05, 0) is 18.2 Å². The standard InChI is InChI=1S/C14H11N3O2/c1-19-13(18)7-6-9-8-11-10-4-2-3-5-12(10)15-14(11)17-16-9/h2-8H,1H3,(H,15,17)/b7-6-. The van der Waals surface area contributed by atoms with Gasteiger partial charge in [0, 0.05) is 22.4 Å². The van der Waals surface area contributed by atoms with Crippen LogP contribution in [-0.2, 0) is 9.53 Å². The molecule has 0 atom stereocenters. The number of carbonyl (C=O) groups is 1. The van der Waals surface area contributed by atoms with Crippen molar-refractivity contribution in [3.05, 3.63) is 42.1 Å². The number of hydrogen-bond acceptors (Lipinski definition) is 4. The molecule has 0 unspecified atom stereocenters. The Bertz CT molecular complexity index is 790. The molecule has 0 spiro atoms. The molecule has 94 valence electrons. The van der Waals surface area contributed by atoms with E-state index in [1.807, 2.05) is 30.3 Å². The minimum absolute atomic E-state index is 0.416. The van der Waals surface area contributed by atoms with Crippen LogP contribution in [0.4, 0.5) is 0 Å². The lowest BCUT2D eigenvalue weighted by Crippen LogP contribution is -1.94. The number of aromatic nitrogens is 3. The van der Waals surface area contributed by atoms with Crippen LogP contribution in [0.2, 0.25) is 0 Å². The number of carbonyl (C=O) groups excluding carboxylic acids is 1.